The first kappa shape index (κ1) is 18.0. The van der Waals surface area contributed by atoms with Crippen LogP contribution in [-0.4, -0.2) is 29.1 Å². The molecule has 0 saturated carbocycles. The third-order valence-electron chi connectivity index (χ3n) is 5.41. The molecule has 0 amide bonds. The summed E-state index contributed by atoms with van der Waals surface area (Å²) in [6.45, 7) is 2.52. The normalized spacial score (nSPS) is 18.3. The summed E-state index contributed by atoms with van der Waals surface area (Å²) >= 11 is 0. The van der Waals surface area contributed by atoms with Crippen molar-refractivity contribution < 1.29 is 5.11 Å². The van der Waals surface area contributed by atoms with Crippen molar-refractivity contribution in [3.05, 3.63) is 65.7 Å². The van der Waals surface area contributed by atoms with E-state index in [9.17, 15) is 5.11 Å². The molecular formula is C23H31NO. The summed E-state index contributed by atoms with van der Waals surface area (Å²) in [5, 5.41) is 9.34. The fraction of sp³-hybridized carbons (Fsp3) is 0.478. The molecule has 2 nitrogen and oxygen atoms in total. The van der Waals surface area contributed by atoms with Crippen molar-refractivity contribution in [3.63, 3.8) is 0 Å². The van der Waals surface area contributed by atoms with E-state index in [0.717, 1.165) is 12.5 Å². The third-order valence-corrected chi connectivity index (χ3v) is 5.41. The first-order valence-electron chi connectivity index (χ1n) is 9.87. The summed E-state index contributed by atoms with van der Waals surface area (Å²) in [5.41, 5.74) is 2.81. The Morgan fingerprint density at radius 3 is 2.44 bits per heavy atom. The highest BCUT2D eigenvalue weighted by atomic mass is 16.3. The number of nitrogens with zero attached hydrogens (tertiary/aromatic N) is 1. The molecule has 0 aliphatic carbocycles. The number of aromatic hydroxyl groups is 1. The Hall–Kier alpha value is -1.80. The number of rotatable bonds is 8. The molecule has 1 aliphatic heterocycles. The van der Waals surface area contributed by atoms with Crippen molar-refractivity contribution in [1.82, 2.24) is 4.90 Å². The summed E-state index contributed by atoms with van der Waals surface area (Å²) in [7, 11) is 0. The number of unbranched alkanes of at least 4 members (excludes halogenated alkanes) is 2. The van der Waals surface area contributed by atoms with Gasteiger partial charge in [-0.3, -0.25) is 0 Å². The Morgan fingerprint density at radius 1 is 0.840 bits per heavy atom. The molecule has 2 aromatic rings. The molecule has 1 unspecified atom stereocenters. The molecule has 0 spiro atoms. The molecule has 2 heteroatoms. The lowest BCUT2D eigenvalue weighted by molar-refractivity contribution is 0.144. The van der Waals surface area contributed by atoms with Gasteiger partial charge in [0.1, 0.15) is 5.75 Å². The van der Waals surface area contributed by atoms with Gasteiger partial charge in [0.2, 0.25) is 0 Å². The maximum Gasteiger partial charge on any atom is 0.115 e. The van der Waals surface area contributed by atoms with Gasteiger partial charge in [0.05, 0.1) is 0 Å². The van der Waals surface area contributed by atoms with E-state index in [-0.39, 0.29) is 0 Å². The molecule has 0 radical (unpaired) electrons. The number of piperidine rings is 1. The molecule has 0 aromatic heterocycles. The predicted octanol–water partition coefficient (Wildman–Crippen LogP) is 5.20. The summed E-state index contributed by atoms with van der Waals surface area (Å²) < 4.78 is 0. The smallest absolute Gasteiger partial charge is 0.115 e. The van der Waals surface area contributed by atoms with Gasteiger partial charge in [0.25, 0.3) is 0 Å². The largest absolute Gasteiger partial charge is 0.508 e. The van der Waals surface area contributed by atoms with E-state index in [2.05, 4.69) is 35.2 Å². The number of hydrogen-bond donors (Lipinski definition) is 1. The van der Waals surface area contributed by atoms with Crippen LogP contribution in [0.15, 0.2) is 54.6 Å². The minimum atomic E-state index is 0.360. The van der Waals surface area contributed by atoms with E-state index in [1.807, 2.05) is 12.1 Å². The van der Waals surface area contributed by atoms with Gasteiger partial charge in [-0.15, -0.1) is 0 Å². The average molecular weight is 338 g/mol. The van der Waals surface area contributed by atoms with Crippen LogP contribution in [-0.2, 0) is 12.8 Å². The van der Waals surface area contributed by atoms with Crippen LogP contribution in [0.25, 0.3) is 0 Å². The van der Waals surface area contributed by atoms with Crippen LogP contribution < -0.4 is 0 Å². The lowest BCUT2D eigenvalue weighted by Crippen LogP contribution is -2.41. The quantitative estimate of drug-likeness (QED) is 0.669. The number of likely N-dealkylation sites (tertiary alicyclic amines) is 1. The fourth-order valence-electron chi connectivity index (χ4n) is 3.96. The second-order valence-corrected chi connectivity index (χ2v) is 7.35. The summed E-state index contributed by atoms with van der Waals surface area (Å²) in [6.07, 6.45) is 10.2. The molecule has 2 aromatic carbocycles. The average Bonchev–Trinajstić information content (AvgIpc) is 2.65. The topological polar surface area (TPSA) is 23.5 Å². The molecule has 0 bridgehead atoms. The van der Waals surface area contributed by atoms with E-state index >= 15 is 0 Å². The van der Waals surface area contributed by atoms with E-state index in [0.29, 0.717) is 5.75 Å². The Kier molecular flexibility index (Phi) is 6.93. The molecule has 1 fully saturated rings. The molecule has 25 heavy (non-hydrogen) atoms. The maximum atomic E-state index is 9.34. The van der Waals surface area contributed by atoms with Crippen LogP contribution in [0, 0.1) is 0 Å². The SMILES string of the molecule is Oc1ccc(CCCCCN2CCCCC2Cc2ccccc2)cc1. The molecule has 1 N–H and O–H groups in total. The maximum absolute atomic E-state index is 9.34. The number of phenols is 1. The third kappa shape index (κ3) is 5.89. The summed E-state index contributed by atoms with van der Waals surface area (Å²) in [5.74, 6) is 0.360. The van der Waals surface area contributed by atoms with Crippen molar-refractivity contribution in [2.45, 2.75) is 57.4 Å². The molecular weight excluding hydrogens is 306 g/mol. The lowest BCUT2D eigenvalue weighted by Gasteiger charge is -2.36. The Morgan fingerprint density at radius 2 is 1.64 bits per heavy atom. The molecule has 1 aliphatic rings. The van der Waals surface area contributed by atoms with Gasteiger partial charge in [-0.1, -0.05) is 55.3 Å². The molecule has 1 heterocycles. The molecule has 1 atom stereocenters. The Labute approximate surface area is 152 Å². The monoisotopic (exact) mass is 337 g/mol. The van der Waals surface area contributed by atoms with Crippen LogP contribution in [0.2, 0.25) is 0 Å². The van der Waals surface area contributed by atoms with Crippen LogP contribution in [0.3, 0.4) is 0 Å². The van der Waals surface area contributed by atoms with Crippen LogP contribution >= 0.6 is 0 Å². The predicted molar refractivity (Wildman–Crippen MR) is 105 cm³/mol. The Bertz CT molecular complexity index is 608. The van der Waals surface area contributed by atoms with Gasteiger partial charge in [-0.25, -0.2) is 0 Å². The van der Waals surface area contributed by atoms with Gasteiger partial charge < -0.3 is 10.0 Å². The zero-order valence-electron chi connectivity index (χ0n) is 15.2. The van der Waals surface area contributed by atoms with Crippen molar-refractivity contribution in [3.8, 4) is 5.75 Å². The van der Waals surface area contributed by atoms with Crippen LogP contribution in [0.5, 0.6) is 5.75 Å². The van der Waals surface area contributed by atoms with E-state index in [1.165, 1.54) is 69.2 Å². The number of benzene rings is 2. The van der Waals surface area contributed by atoms with Gasteiger partial charge in [0.15, 0.2) is 0 Å². The first-order valence-corrected chi connectivity index (χ1v) is 9.87. The van der Waals surface area contributed by atoms with Gasteiger partial charge in [0, 0.05) is 6.04 Å². The number of phenolic OH excluding ortho intramolecular Hbond substituents is 1. The van der Waals surface area contributed by atoms with Crippen LogP contribution in [0.4, 0.5) is 0 Å². The molecule has 134 valence electrons. The van der Waals surface area contributed by atoms with E-state index in [1.54, 1.807) is 12.1 Å². The highest BCUT2D eigenvalue weighted by Crippen LogP contribution is 2.21. The van der Waals surface area contributed by atoms with Gasteiger partial charge >= 0.3 is 0 Å². The highest BCUT2D eigenvalue weighted by Gasteiger charge is 2.21. The minimum Gasteiger partial charge on any atom is -0.508 e. The fourth-order valence-corrected chi connectivity index (χ4v) is 3.96. The van der Waals surface area contributed by atoms with Crippen molar-refractivity contribution >= 4 is 0 Å². The van der Waals surface area contributed by atoms with Gasteiger partial charge in [-0.05, 0) is 74.9 Å². The summed E-state index contributed by atoms with van der Waals surface area (Å²) in [6, 6.07) is 19.3. The zero-order chi connectivity index (χ0) is 17.3. The van der Waals surface area contributed by atoms with Crippen molar-refractivity contribution in [2.24, 2.45) is 0 Å². The second kappa shape index (κ2) is 9.62. The molecule has 3 rings (SSSR count). The van der Waals surface area contributed by atoms with E-state index in [4.69, 9.17) is 0 Å². The standard InChI is InChI=1S/C23H31NO/c25-23-15-13-20(14-16-23)9-5-2-7-17-24-18-8-6-12-22(24)19-21-10-3-1-4-11-21/h1,3-4,10-11,13-16,22,25H,2,5-9,12,17-19H2. The highest BCUT2D eigenvalue weighted by molar-refractivity contribution is 5.25. The van der Waals surface area contributed by atoms with Crippen molar-refractivity contribution in [1.29, 1.82) is 0 Å². The van der Waals surface area contributed by atoms with Crippen LogP contribution in [0.1, 0.15) is 49.7 Å². The van der Waals surface area contributed by atoms with E-state index < -0.39 is 0 Å². The lowest BCUT2D eigenvalue weighted by atomic mass is 9.95. The molecule has 1 saturated heterocycles. The number of hydrogen-bond acceptors (Lipinski definition) is 2. The minimum absolute atomic E-state index is 0.360. The number of aryl methyl sites for hydroxylation is 1. The van der Waals surface area contributed by atoms with Crippen molar-refractivity contribution in [2.75, 3.05) is 13.1 Å². The Balaban J connectivity index is 1.39. The zero-order valence-corrected chi connectivity index (χ0v) is 15.2. The second-order valence-electron chi connectivity index (χ2n) is 7.35. The summed E-state index contributed by atoms with van der Waals surface area (Å²) in [4.78, 5) is 2.73. The van der Waals surface area contributed by atoms with Gasteiger partial charge in [-0.2, -0.15) is 0 Å². The first-order chi connectivity index (χ1) is 12.3.